The fourth-order valence-electron chi connectivity index (χ4n) is 4.63. The Bertz CT molecular complexity index is 763. The van der Waals surface area contributed by atoms with E-state index in [-0.39, 0.29) is 30.0 Å². The van der Waals surface area contributed by atoms with Gasteiger partial charge in [0, 0.05) is 29.9 Å². The maximum atomic E-state index is 13.1. The first-order valence-corrected chi connectivity index (χ1v) is 9.65. The predicted octanol–water partition coefficient (Wildman–Crippen LogP) is 2.78. The van der Waals surface area contributed by atoms with E-state index in [4.69, 9.17) is 0 Å². The fraction of sp³-hybridized carbons (Fsp3) is 0.474. The average Bonchev–Trinajstić information content (AvgIpc) is 3.35. The number of hydrogen-bond donors (Lipinski definition) is 2. The third kappa shape index (κ3) is 2.73. The van der Waals surface area contributed by atoms with Crippen LogP contribution in [0, 0.1) is 5.41 Å². The Balaban J connectivity index is 1.60. The first-order chi connectivity index (χ1) is 12.2. The Morgan fingerprint density at radius 3 is 2.88 bits per heavy atom. The molecule has 5 nitrogen and oxygen atoms in total. The molecule has 2 aromatic rings. The molecule has 2 fully saturated rings. The summed E-state index contributed by atoms with van der Waals surface area (Å²) in [6, 6.07) is 10.6. The van der Waals surface area contributed by atoms with Crippen LogP contribution in [0.3, 0.4) is 0 Å². The van der Waals surface area contributed by atoms with Crippen LogP contribution in [-0.4, -0.2) is 46.6 Å². The van der Waals surface area contributed by atoms with Crippen LogP contribution in [-0.2, 0) is 6.42 Å². The maximum absolute atomic E-state index is 13.1. The summed E-state index contributed by atoms with van der Waals surface area (Å²) in [5.74, 6) is 0.00800. The molecule has 25 heavy (non-hydrogen) atoms. The van der Waals surface area contributed by atoms with Crippen LogP contribution in [0.1, 0.15) is 35.3 Å². The number of fused-ring (bicyclic) bond motifs is 2. The Labute approximate surface area is 151 Å². The van der Waals surface area contributed by atoms with Crippen molar-refractivity contribution in [2.75, 3.05) is 19.0 Å². The number of carbonyl (C=O) groups is 1. The number of aliphatic hydroxyl groups is 1. The van der Waals surface area contributed by atoms with Gasteiger partial charge in [-0.25, -0.2) is 4.98 Å². The molecule has 1 aromatic heterocycles. The van der Waals surface area contributed by atoms with E-state index in [9.17, 15) is 9.90 Å². The summed E-state index contributed by atoms with van der Waals surface area (Å²) in [6.07, 6.45) is 3.68. The number of nitrogens with zero attached hydrogens (tertiary/aromatic N) is 2. The minimum Gasteiger partial charge on any atom is -0.396 e. The van der Waals surface area contributed by atoms with Gasteiger partial charge in [-0.05, 0) is 31.2 Å². The summed E-state index contributed by atoms with van der Waals surface area (Å²) in [6.45, 7) is 0.117. The molecule has 132 valence electrons. The second kappa shape index (κ2) is 6.42. The zero-order valence-corrected chi connectivity index (χ0v) is 15.1. The van der Waals surface area contributed by atoms with Gasteiger partial charge in [0.2, 0.25) is 0 Å². The van der Waals surface area contributed by atoms with E-state index in [2.05, 4.69) is 22.4 Å². The van der Waals surface area contributed by atoms with E-state index in [0.717, 1.165) is 30.8 Å². The van der Waals surface area contributed by atoms with Gasteiger partial charge in [0.15, 0.2) is 5.13 Å². The van der Waals surface area contributed by atoms with E-state index in [0.29, 0.717) is 5.69 Å². The Kier molecular flexibility index (Phi) is 4.25. The monoisotopic (exact) mass is 357 g/mol. The van der Waals surface area contributed by atoms with Gasteiger partial charge in [-0.3, -0.25) is 4.79 Å². The second-order valence-electron chi connectivity index (χ2n) is 7.13. The summed E-state index contributed by atoms with van der Waals surface area (Å²) in [7, 11) is 1.81. The maximum Gasteiger partial charge on any atom is 0.273 e. The number of nitrogens with one attached hydrogen (secondary N) is 1. The molecule has 1 amide bonds. The highest BCUT2D eigenvalue weighted by Crippen LogP contribution is 2.51. The lowest BCUT2D eigenvalue weighted by Gasteiger charge is -2.36. The smallest absolute Gasteiger partial charge is 0.273 e. The van der Waals surface area contributed by atoms with Crippen molar-refractivity contribution in [2.45, 2.75) is 37.8 Å². The molecule has 1 aromatic carbocycles. The Morgan fingerprint density at radius 2 is 2.20 bits per heavy atom. The summed E-state index contributed by atoms with van der Waals surface area (Å²) >= 11 is 1.45. The molecule has 2 bridgehead atoms. The number of aliphatic hydroxyl groups excluding tert-OH is 1. The highest BCUT2D eigenvalue weighted by Gasteiger charge is 2.57. The van der Waals surface area contributed by atoms with Crippen molar-refractivity contribution in [2.24, 2.45) is 5.41 Å². The molecular weight excluding hydrogens is 334 g/mol. The molecule has 2 saturated heterocycles. The number of aromatic nitrogens is 1. The van der Waals surface area contributed by atoms with E-state index in [1.807, 2.05) is 35.5 Å². The first-order valence-electron chi connectivity index (χ1n) is 8.77. The van der Waals surface area contributed by atoms with E-state index >= 15 is 0 Å². The molecule has 2 N–H and O–H groups in total. The minimum absolute atomic E-state index is 0.00800. The molecule has 0 aliphatic carbocycles. The molecule has 3 atom stereocenters. The van der Waals surface area contributed by atoms with Crippen molar-refractivity contribution in [3.05, 3.63) is 47.0 Å². The van der Waals surface area contributed by atoms with Crippen molar-refractivity contribution in [3.8, 4) is 0 Å². The summed E-state index contributed by atoms with van der Waals surface area (Å²) < 4.78 is 0. The summed E-state index contributed by atoms with van der Waals surface area (Å²) in [5, 5.41) is 15.8. The summed E-state index contributed by atoms with van der Waals surface area (Å²) in [4.78, 5) is 19.4. The van der Waals surface area contributed by atoms with E-state index in [1.165, 1.54) is 16.9 Å². The van der Waals surface area contributed by atoms with Gasteiger partial charge in [0.25, 0.3) is 5.91 Å². The van der Waals surface area contributed by atoms with Crippen molar-refractivity contribution in [1.29, 1.82) is 0 Å². The van der Waals surface area contributed by atoms with Crippen LogP contribution in [0.25, 0.3) is 0 Å². The largest absolute Gasteiger partial charge is 0.396 e. The fourth-order valence-corrected chi connectivity index (χ4v) is 5.28. The molecule has 0 spiro atoms. The van der Waals surface area contributed by atoms with Crippen molar-refractivity contribution in [1.82, 2.24) is 9.88 Å². The molecule has 4 rings (SSSR count). The van der Waals surface area contributed by atoms with Gasteiger partial charge < -0.3 is 15.3 Å². The van der Waals surface area contributed by atoms with Crippen molar-refractivity contribution < 1.29 is 9.90 Å². The number of amides is 1. The average molecular weight is 357 g/mol. The molecule has 0 unspecified atom stereocenters. The Morgan fingerprint density at radius 1 is 1.40 bits per heavy atom. The number of benzene rings is 1. The molecule has 2 aliphatic rings. The van der Waals surface area contributed by atoms with Gasteiger partial charge in [0.1, 0.15) is 5.69 Å². The predicted molar refractivity (Wildman–Crippen MR) is 98.9 cm³/mol. The number of thiazole rings is 1. The lowest BCUT2D eigenvalue weighted by atomic mass is 9.70. The van der Waals surface area contributed by atoms with E-state index < -0.39 is 0 Å². The van der Waals surface area contributed by atoms with Gasteiger partial charge in [-0.15, -0.1) is 11.3 Å². The zero-order chi connectivity index (χ0) is 17.4. The van der Waals surface area contributed by atoms with Crippen molar-refractivity contribution >= 4 is 22.4 Å². The van der Waals surface area contributed by atoms with Gasteiger partial charge in [0.05, 0.1) is 6.61 Å². The lowest BCUT2D eigenvalue weighted by Crippen LogP contribution is -2.44. The topological polar surface area (TPSA) is 65.5 Å². The third-order valence-corrected chi connectivity index (χ3v) is 6.60. The zero-order valence-electron chi connectivity index (χ0n) is 14.3. The molecular formula is C19H23N3O2S. The van der Waals surface area contributed by atoms with Gasteiger partial charge in [-0.1, -0.05) is 30.3 Å². The minimum atomic E-state index is -0.234. The molecule has 2 aliphatic heterocycles. The van der Waals surface area contributed by atoms with E-state index in [1.54, 1.807) is 0 Å². The quantitative estimate of drug-likeness (QED) is 0.864. The van der Waals surface area contributed by atoms with Gasteiger partial charge >= 0.3 is 0 Å². The molecule has 3 heterocycles. The van der Waals surface area contributed by atoms with Crippen LogP contribution in [0.15, 0.2) is 35.7 Å². The molecule has 0 saturated carbocycles. The number of carbonyl (C=O) groups excluding carboxylic acids is 1. The normalized spacial score (nSPS) is 27.7. The molecule has 0 radical (unpaired) electrons. The van der Waals surface area contributed by atoms with Crippen LogP contribution in [0.4, 0.5) is 5.13 Å². The third-order valence-electron chi connectivity index (χ3n) is 5.74. The first kappa shape index (κ1) is 16.5. The van der Waals surface area contributed by atoms with Crippen LogP contribution in [0.5, 0.6) is 0 Å². The van der Waals surface area contributed by atoms with Crippen molar-refractivity contribution in [3.63, 3.8) is 0 Å². The lowest BCUT2D eigenvalue weighted by molar-refractivity contribution is 0.0567. The Hall–Kier alpha value is -1.92. The second-order valence-corrected chi connectivity index (χ2v) is 7.99. The van der Waals surface area contributed by atoms with Crippen LogP contribution < -0.4 is 5.32 Å². The number of anilines is 1. The van der Waals surface area contributed by atoms with Crippen LogP contribution in [0.2, 0.25) is 0 Å². The number of rotatable bonds is 5. The summed E-state index contributed by atoms with van der Waals surface area (Å²) in [5.41, 5.74) is 1.50. The SMILES string of the molecule is CNc1nc(C(=O)N2[C@@H]3CC[C@H]2[C@](CO)(Cc2ccccc2)C3)cs1. The standard InChI is InChI=1S/C19H23N3O2S/c1-20-18-21-15(11-25-18)17(24)22-14-7-8-16(22)19(10-14,12-23)9-13-5-3-2-4-6-13/h2-6,11,14,16,23H,7-10,12H2,1H3,(H,20,21)/t14-,16+,19-/m1/s1. The van der Waals surface area contributed by atoms with Gasteiger partial charge in [-0.2, -0.15) is 0 Å². The molecule has 6 heteroatoms. The highest BCUT2D eigenvalue weighted by molar-refractivity contribution is 7.13. The number of hydrogen-bond acceptors (Lipinski definition) is 5. The highest BCUT2D eigenvalue weighted by atomic mass is 32.1. The van der Waals surface area contributed by atoms with Crippen LogP contribution >= 0.6 is 11.3 Å².